The van der Waals surface area contributed by atoms with Gasteiger partial charge in [-0.1, -0.05) is 24.3 Å². The highest BCUT2D eigenvalue weighted by atomic mass is 16.2. The molecular weight excluding hydrogens is 308 g/mol. The number of urea groups is 1. The number of rotatable bonds is 5. The summed E-state index contributed by atoms with van der Waals surface area (Å²) < 4.78 is 1.64. The highest BCUT2D eigenvalue weighted by Gasteiger charge is 2.09. The molecule has 2 aromatic heterocycles. The maximum atomic E-state index is 12.2. The maximum absolute atomic E-state index is 12.2. The summed E-state index contributed by atoms with van der Waals surface area (Å²) in [4.78, 5) is 12.2. The lowest BCUT2D eigenvalue weighted by atomic mass is 10.1. The molecule has 0 spiro atoms. The monoisotopic (exact) mass is 326 g/mol. The summed E-state index contributed by atoms with van der Waals surface area (Å²) in [5, 5.41) is 23.7. The summed E-state index contributed by atoms with van der Waals surface area (Å²) >= 11 is 0. The first-order valence-corrected chi connectivity index (χ1v) is 7.56. The first-order chi connectivity index (χ1) is 11.6. The average Bonchev–Trinajstić information content (AvgIpc) is 3.18. The fraction of sp³-hybridized carbons (Fsp3) is 0.267. The molecule has 0 atom stereocenters. The van der Waals surface area contributed by atoms with E-state index in [1.807, 2.05) is 37.3 Å². The third-order valence-electron chi connectivity index (χ3n) is 3.47. The lowest BCUT2D eigenvalue weighted by Gasteiger charge is -2.08. The minimum atomic E-state index is -0.322. The van der Waals surface area contributed by atoms with E-state index in [2.05, 4.69) is 36.4 Å². The Balaban J connectivity index is 1.64. The van der Waals surface area contributed by atoms with Crippen LogP contribution in [0.5, 0.6) is 0 Å². The predicted octanol–water partition coefficient (Wildman–Crippen LogP) is 1.73. The fourth-order valence-electron chi connectivity index (χ4n) is 2.29. The van der Waals surface area contributed by atoms with Gasteiger partial charge in [0.2, 0.25) is 0 Å². The molecule has 24 heavy (non-hydrogen) atoms. The Bertz CT molecular complexity index is 824. The fourth-order valence-corrected chi connectivity index (χ4v) is 2.29. The molecule has 9 heteroatoms. The Morgan fingerprint density at radius 3 is 2.88 bits per heavy atom. The van der Waals surface area contributed by atoms with E-state index in [4.69, 9.17) is 0 Å². The van der Waals surface area contributed by atoms with E-state index in [1.54, 1.807) is 11.7 Å². The zero-order valence-corrected chi connectivity index (χ0v) is 13.4. The molecule has 0 aliphatic rings. The van der Waals surface area contributed by atoms with Gasteiger partial charge in [-0.3, -0.25) is 10.00 Å². The molecule has 2 heterocycles. The molecule has 2 amide bonds. The number of aromatic amines is 1. The molecule has 0 fully saturated rings. The number of nitrogens with one attached hydrogen (secondary N) is 3. The standard InChI is InChI=1S/C15H18N8O/c1-3-11-9-14(23(2)20-11)17-15(24)16-12-6-4-5-10(7-12)8-13-18-21-22-19-13/h4-7,9H,3,8H2,1-2H3,(H2,16,17,24)(H,18,19,21,22). The average molecular weight is 326 g/mol. The minimum absolute atomic E-state index is 0.322. The summed E-state index contributed by atoms with van der Waals surface area (Å²) in [6.07, 6.45) is 1.35. The zero-order chi connectivity index (χ0) is 16.9. The van der Waals surface area contributed by atoms with Crippen LogP contribution in [-0.2, 0) is 19.9 Å². The second-order valence-electron chi connectivity index (χ2n) is 5.28. The van der Waals surface area contributed by atoms with Crippen molar-refractivity contribution in [1.82, 2.24) is 30.4 Å². The van der Waals surface area contributed by atoms with Crippen molar-refractivity contribution in [2.24, 2.45) is 7.05 Å². The van der Waals surface area contributed by atoms with Crippen LogP contribution in [0.3, 0.4) is 0 Å². The lowest BCUT2D eigenvalue weighted by molar-refractivity contribution is 0.262. The number of hydrogen-bond donors (Lipinski definition) is 3. The molecule has 0 aliphatic heterocycles. The summed E-state index contributed by atoms with van der Waals surface area (Å²) in [6, 6.07) is 9.03. The number of anilines is 2. The number of tetrazole rings is 1. The van der Waals surface area contributed by atoms with E-state index in [0.717, 1.165) is 17.7 Å². The maximum Gasteiger partial charge on any atom is 0.324 e. The summed E-state index contributed by atoms with van der Waals surface area (Å²) in [5.41, 5.74) is 2.59. The van der Waals surface area contributed by atoms with Crippen LogP contribution in [0.2, 0.25) is 0 Å². The molecule has 124 valence electrons. The second kappa shape index (κ2) is 6.90. The normalized spacial score (nSPS) is 10.6. The van der Waals surface area contributed by atoms with Gasteiger partial charge in [-0.05, 0) is 24.1 Å². The smallest absolute Gasteiger partial charge is 0.308 e. The number of benzene rings is 1. The van der Waals surface area contributed by atoms with E-state index in [1.165, 1.54) is 0 Å². The van der Waals surface area contributed by atoms with Crippen molar-refractivity contribution >= 4 is 17.5 Å². The van der Waals surface area contributed by atoms with Crippen molar-refractivity contribution in [2.45, 2.75) is 19.8 Å². The quantitative estimate of drug-likeness (QED) is 0.661. The lowest BCUT2D eigenvalue weighted by Crippen LogP contribution is -2.21. The van der Waals surface area contributed by atoms with E-state index >= 15 is 0 Å². The number of aryl methyl sites for hydroxylation is 2. The SMILES string of the molecule is CCc1cc(NC(=O)Nc2cccc(Cc3nn[nH]n3)c2)n(C)n1. The number of carbonyl (C=O) groups is 1. The van der Waals surface area contributed by atoms with E-state index in [0.29, 0.717) is 23.8 Å². The summed E-state index contributed by atoms with van der Waals surface area (Å²) in [6.45, 7) is 2.02. The zero-order valence-electron chi connectivity index (χ0n) is 13.4. The highest BCUT2D eigenvalue weighted by Crippen LogP contribution is 2.14. The van der Waals surface area contributed by atoms with Crippen LogP contribution < -0.4 is 10.6 Å². The summed E-state index contributed by atoms with van der Waals surface area (Å²) in [5.74, 6) is 1.24. The van der Waals surface area contributed by atoms with Crippen LogP contribution in [-0.4, -0.2) is 36.4 Å². The van der Waals surface area contributed by atoms with Gasteiger partial charge in [-0.15, -0.1) is 10.2 Å². The number of nitrogens with zero attached hydrogens (tertiary/aromatic N) is 5. The van der Waals surface area contributed by atoms with Crippen molar-refractivity contribution in [2.75, 3.05) is 10.6 Å². The molecule has 3 rings (SSSR count). The Morgan fingerprint density at radius 1 is 1.29 bits per heavy atom. The van der Waals surface area contributed by atoms with Gasteiger partial charge < -0.3 is 5.32 Å². The van der Waals surface area contributed by atoms with Crippen molar-refractivity contribution < 1.29 is 4.79 Å². The van der Waals surface area contributed by atoms with Gasteiger partial charge in [0.25, 0.3) is 0 Å². The third kappa shape index (κ3) is 3.75. The number of hydrogen-bond acceptors (Lipinski definition) is 5. The van der Waals surface area contributed by atoms with E-state index < -0.39 is 0 Å². The number of carbonyl (C=O) groups excluding carboxylic acids is 1. The molecule has 0 saturated heterocycles. The van der Waals surface area contributed by atoms with Gasteiger partial charge in [0.05, 0.1) is 5.69 Å². The van der Waals surface area contributed by atoms with Gasteiger partial charge in [0.15, 0.2) is 5.82 Å². The second-order valence-corrected chi connectivity index (χ2v) is 5.28. The highest BCUT2D eigenvalue weighted by molar-refractivity contribution is 5.99. The molecular formula is C15H18N8O. The molecule has 9 nitrogen and oxygen atoms in total. The van der Waals surface area contributed by atoms with Crippen LogP contribution in [0.25, 0.3) is 0 Å². The van der Waals surface area contributed by atoms with Gasteiger partial charge in [-0.2, -0.15) is 10.3 Å². The van der Waals surface area contributed by atoms with Crippen LogP contribution in [0.4, 0.5) is 16.3 Å². The van der Waals surface area contributed by atoms with Gasteiger partial charge >= 0.3 is 6.03 Å². The Kier molecular flexibility index (Phi) is 4.50. The molecule has 3 aromatic rings. The molecule has 0 radical (unpaired) electrons. The molecule has 0 aliphatic carbocycles. The van der Waals surface area contributed by atoms with Crippen molar-refractivity contribution in [3.63, 3.8) is 0 Å². The van der Waals surface area contributed by atoms with Crippen molar-refractivity contribution in [3.8, 4) is 0 Å². The number of aromatic nitrogens is 6. The predicted molar refractivity (Wildman–Crippen MR) is 88.7 cm³/mol. The summed E-state index contributed by atoms with van der Waals surface area (Å²) in [7, 11) is 1.79. The molecule has 0 bridgehead atoms. The number of amides is 2. The third-order valence-corrected chi connectivity index (χ3v) is 3.47. The van der Waals surface area contributed by atoms with Crippen LogP contribution in [0.1, 0.15) is 24.0 Å². The van der Waals surface area contributed by atoms with Gasteiger partial charge in [0.1, 0.15) is 5.82 Å². The van der Waals surface area contributed by atoms with Gasteiger partial charge in [0, 0.05) is 25.2 Å². The Hall–Kier alpha value is -3.23. The van der Waals surface area contributed by atoms with E-state index in [-0.39, 0.29) is 6.03 Å². The van der Waals surface area contributed by atoms with Crippen molar-refractivity contribution in [3.05, 3.63) is 47.4 Å². The largest absolute Gasteiger partial charge is 0.324 e. The van der Waals surface area contributed by atoms with E-state index in [9.17, 15) is 4.79 Å². The number of H-pyrrole nitrogens is 1. The van der Waals surface area contributed by atoms with Gasteiger partial charge in [-0.25, -0.2) is 4.79 Å². The molecule has 1 aromatic carbocycles. The molecule has 0 saturated carbocycles. The molecule has 3 N–H and O–H groups in total. The minimum Gasteiger partial charge on any atom is -0.308 e. The molecule has 0 unspecified atom stereocenters. The first-order valence-electron chi connectivity index (χ1n) is 7.56. The first kappa shape index (κ1) is 15.7. The Labute approximate surface area is 138 Å². The van der Waals surface area contributed by atoms with Crippen LogP contribution in [0.15, 0.2) is 30.3 Å². The Morgan fingerprint density at radius 2 is 2.17 bits per heavy atom. The van der Waals surface area contributed by atoms with Crippen LogP contribution in [0, 0.1) is 0 Å². The topological polar surface area (TPSA) is 113 Å². The van der Waals surface area contributed by atoms with Crippen molar-refractivity contribution in [1.29, 1.82) is 0 Å². The van der Waals surface area contributed by atoms with Crippen LogP contribution >= 0.6 is 0 Å².